The standard InChI is InChI=1S/C16H22ClN5O2/c1-16(2,3)24-15(23)22(11-6-5-7-21(4)10-11)13-9-19-12(8-18)14(17)20-13/h9,11H,5-7,10H2,1-4H3/t11-/m1/s1. The van der Waals surface area contributed by atoms with E-state index < -0.39 is 11.7 Å². The minimum atomic E-state index is -0.625. The van der Waals surface area contributed by atoms with Gasteiger partial charge in [0.05, 0.1) is 12.2 Å². The van der Waals surface area contributed by atoms with E-state index >= 15 is 0 Å². The van der Waals surface area contributed by atoms with E-state index in [1.54, 1.807) is 0 Å². The van der Waals surface area contributed by atoms with E-state index in [2.05, 4.69) is 14.9 Å². The molecule has 1 atom stereocenters. The van der Waals surface area contributed by atoms with Crippen LogP contribution >= 0.6 is 11.6 Å². The Kier molecular flexibility index (Phi) is 5.62. The normalized spacial score (nSPS) is 18.8. The fourth-order valence-electron chi connectivity index (χ4n) is 2.64. The number of carbonyl (C=O) groups excluding carboxylic acids is 1. The maximum absolute atomic E-state index is 12.7. The van der Waals surface area contributed by atoms with E-state index in [1.807, 2.05) is 33.9 Å². The molecule has 24 heavy (non-hydrogen) atoms. The SMILES string of the molecule is CN1CCC[C@@H](N(C(=O)OC(C)(C)C)c2cnc(C#N)c(Cl)n2)C1. The van der Waals surface area contributed by atoms with Crippen molar-refractivity contribution in [2.75, 3.05) is 25.0 Å². The lowest BCUT2D eigenvalue weighted by atomic mass is 10.0. The summed E-state index contributed by atoms with van der Waals surface area (Å²) in [5, 5.41) is 8.92. The lowest BCUT2D eigenvalue weighted by molar-refractivity contribution is 0.0547. The lowest BCUT2D eigenvalue weighted by Crippen LogP contribution is -2.51. The summed E-state index contributed by atoms with van der Waals surface area (Å²) in [6, 6.07) is 1.78. The van der Waals surface area contributed by atoms with Gasteiger partial charge in [0.2, 0.25) is 0 Å². The number of piperidine rings is 1. The highest BCUT2D eigenvalue weighted by Gasteiger charge is 2.33. The first-order valence-corrected chi connectivity index (χ1v) is 8.22. The molecule has 0 bridgehead atoms. The van der Waals surface area contributed by atoms with Crippen molar-refractivity contribution < 1.29 is 9.53 Å². The van der Waals surface area contributed by atoms with Gasteiger partial charge in [0.1, 0.15) is 11.7 Å². The van der Waals surface area contributed by atoms with Crippen LogP contribution in [0.1, 0.15) is 39.3 Å². The Morgan fingerprint density at radius 2 is 2.25 bits per heavy atom. The van der Waals surface area contributed by atoms with Gasteiger partial charge in [0, 0.05) is 6.54 Å². The summed E-state index contributed by atoms with van der Waals surface area (Å²) in [5.41, 5.74) is -0.593. The van der Waals surface area contributed by atoms with Gasteiger partial charge in [-0.15, -0.1) is 0 Å². The van der Waals surface area contributed by atoms with Crippen LogP contribution in [0, 0.1) is 11.3 Å². The van der Waals surface area contributed by atoms with E-state index in [0.717, 1.165) is 19.4 Å². The Bertz CT molecular complexity index is 653. The Labute approximate surface area is 147 Å². The lowest BCUT2D eigenvalue weighted by Gasteiger charge is -2.37. The number of ether oxygens (including phenoxy) is 1. The number of aromatic nitrogens is 2. The molecule has 1 aliphatic rings. The second-order valence-electron chi connectivity index (χ2n) is 6.89. The number of nitrogens with zero attached hydrogens (tertiary/aromatic N) is 5. The van der Waals surface area contributed by atoms with E-state index in [0.29, 0.717) is 12.4 Å². The van der Waals surface area contributed by atoms with Crippen molar-refractivity contribution >= 4 is 23.5 Å². The zero-order valence-corrected chi connectivity index (χ0v) is 15.2. The predicted molar refractivity (Wildman–Crippen MR) is 91.0 cm³/mol. The highest BCUT2D eigenvalue weighted by atomic mass is 35.5. The summed E-state index contributed by atoms with van der Waals surface area (Å²) in [6.45, 7) is 7.13. The van der Waals surface area contributed by atoms with Gasteiger partial charge >= 0.3 is 6.09 Å². The van der Waals surface area contributed by atoms with Crippen molar-refractivity contribution in [2.45, 2.75) is 45.3 Å². The number of likely N-dealkylation sites (tertiary alicyclic amines) is 1. The number of nitriles is 1. The third-order valence-electron chi connectivity index (χ3n) is 3.62. The third kappa shape index (κ3) is 4.56. The van der Waals surface area contributed by atoms with Crippen LogP contribution in [0.3, 0.4) is 0 Å². The number of anilines is 1. The summed E-state index contributed by atoms with van der Waals surface area (Å²) in [6.07, 6.45) is 2.71. The molecule has 2 rings (SSSR count). The smallest absolute Gasteiger partial charge is 0.416 e. The molecule has 0 saturated carbocycles. The largest absolute Gasteiger partial charge is 0.443 e. The molecule has 1 aromatic heterocycles. The topological polar surface area (TPSA) is 82.4 Å². The number of rotatable bonds is 2. The van der Waals surface area contributed by atoms with Crippen molar-refractivity contribution in [3.8, 4) is 6.07 Å². The molecule has 7 nitrogen and oxygen atoms in total. The van der Waals surface area contributed by atoms with Gasteiger partial charge in [-0.05, 0) is 47.2 Å². The molecule has 1 aromatic rings. The fraction of sp³-hybridized carbons (Fsp3) is 0.625. The maximum Gasteiger partial charge on any atom is 0.416 e. The van der Waals surface area contributed by atoms with Crippen LogP contribution in [0.5, 0.6) is 0 Å². The molecule has 0 aliphatic carbocycles. The van der Waals surface area contributed by atoms with E-state index in [1.165, 1.54) is 11.1 Å². The van der Waals surface area contributed by atoms with Crippen molar-refractivity contribution in [1.29, 1.82) is 5.26 Å². The summed E-state index contributed by atoms with van der Waals surface area (Å²) in [5.74, 6) is 0.300. The minimum Gasteiger partial charge on any atom is -0.443 e. The highest BCUT2D eigenvalue weighted by molar-refractivity contribution is 6.30. The zero-order valence-electron chi connectivity index (χ0n) is 14.4. The third-order valence-corrected chi connectivity index (χ3v) is 3.89. The van der Waals surface area contributed by atoms with Crippen LogP contribution in [-0.4, -0.2) is 52.7 Å². The van der Waals surface area contributed by atoms with Crippen LogP contribution in [0.15, 0.2) is 6.20 Å². The molecule has 1 fully saturated rings. The summed E-state index contributed by atoms with van der Waals surface area (Å²) < 4.78 is 5.53. The summed E-state index contributed by atoms with van der Waals surface area (Å²) >= 11 is 5.99. The Morgan fingerprint density at radius 3 is 2.79 bits per heavy atom. The Balaban J connectivity index is 2.36. The van der Waals surface area contributed by atoms with Crippen molar-refractivity contribution in [3.05, 3.63) is 17.0 Å². The molecule has 2 heterocycles. The summed E-state index contributed by atoms with van der Waals surface area (Å²) in [4.78, 5) is 24.6. The van der Waals surface area contributed by atoms with Gasteiger partial charge in [0.15, 0.2) is 16.7 Å². The quantitative estimate of drug-likeness (QED) is 0.814. The second-order valence-corrected chi connectivity index (χ2v) is 7.25. The first-order valence-electron chi connectivity index (χ1n) is 7.84. The van der Waals surface area contributed by atoms with Gasteiger partial charge in [-0.3, -0.25) is 4.90 Å². The van der Waals surface area contributed by atoms with Gasteiger partial charge in [-0.1, -0.05) is 11.6 Å². The predicted octanol–water partition coefficient (Wildman–Crippen LogP) is 2.84. The first kappa shape index (κ1) is 18.4. The molecule has 130 valence electrons. The number of carbonyl (C=O) groups is 1. The molecular weight excluding hydrogens is 330 g/mol. The van der Waals surface area contributed by atoms with Crippen LogP contribution in [0.4, 0.5) is 10.6 Å². The van der Waals surface area contributed by atoms with E-state index in [9.17, 15) is 4.79 Å². The number of amides is 1. The first-order chi connectivity index (χ1) is 11.2. The van der Waals surface area contributed by atoms with Gasteiger partial charge in [0.25, 0.3) is 0 Å². The molecule has 0 N–H and O–H groups in total. The van der Waals surface area contributed by atoms with Crippen LogP contribution < -0.4 is 4.90 Å². The minimum absolute atomic E-state index is 0.0206. The van der Waals surface area contributed by atoms with E-state index in [-0.39, 0.29) is 16.9 Å². The fourth-order valence-corrected chi connectivity index (χ4v) is 2.82. The van der Waals surface area contributed by atoms with Crippen molar-refractivity contribution in [3.63, 3.8) is 0 Å². The summed E-state index contributed by atoms with van der Waals surface area (Å²) in [7, 11) is 2.01. The van der Waals surface area contributed by atoms with Crippen LogP contribution in [0.2, 0.25) is 5.15 Å². The molecular formula is C16H22ClN5O2. The van der Waals surface area contributed by atoms with Gasteiger partial charge in [-0.2, -0.15) is 5.26 Å². The molecule has 1 saturated heterocycles. The number of likely N-dealkylation sites (N-methyl/N-ethyl adjacent to an activating group) is 1. The molecule has 1 aliphatic heterocycles. The molecule has 0 unspecified atom stereocenters. The molecule has 0 radical (unpaired) electrons. The maximum atomic E-state index is 12.7. The average molecular weight is 352 g/mol. The molecule has 1 amide bonds. The van der Waals surface area contributed by atoms with Crippen LogP contribution in [-0.2, 0) is 4.74 Å². The Hall–Kier alpha value is -1.91. The number of hydrogen-bond donors (Lipinski definition) is 0. The number of halogens is 1. The van der Waals surface area contributed by atoms with Crippen molar-refractivity contribution in [2.24, 2.45) is 0 Å². The van der Waals surface area contributed by atoms with Gasteiger partial charge in [-0.25, -0.2) is 14.8 Å². The monoisotopic (exact) mass is 351 g/mol. The molecule has 8 heteroatoms. The van der Waals surface area contributed by atoms with Crippen molar-refractivity contribution in [1.82, 2.24) is 14.9 Å². The van der Waals surface area contributed by atoms with Crippen LogP contribution in [0.25, 0.3) is 0 Å². The highest BCUT2D eigenvalue weighted by Crippen LogP contribution is 2.25. The second kappa shape index (κ2) is 7.32. The zero-order chi connectivity index (χ0) is 17.9. The molecule has 0 spiro atoms. The average Bonchev–Trinajstić information content (AvgIpc) is 2.46. The van der Waals surface area contributed by atoms with E-state index in [4.69, 9.17) is 21.6 Å². The Morgan fingerprint density at radius 1 is 1.54 bits per heavy atom. The number of hydrogen-bond acceptors (Lipinski definition) is 6. The van der Waals surface area contributed by atoms with Gasteiger partial charge < -0.3 is 9.64 Å². The molecule has 0 aromatic carbocycles.